The molecule has 0 aliphatic rings. The predicted octanol–water partition coefficient (Wildman–Crippen LogP) is 4.35. The molecule has 102 valence electrons. The van der Waals surface area contributed by atoms with E-state index in [0.29, 0.717) is 5.92 Å². The first-order chi connectivity index (χ1) is 8.42. The number of carbonyl (C=O) groups excluding carboxylic acids is 1. The third-order valence-corrected chi connectivity index (χ3v) is 3.99. The van der Waals surface area contributed by atoms with Crippen LogP contribution in [-0.2, 0) is 6.54 Å². The van der Waals surface area contributed by atoms with Crippen LogP contribution in [0.1, 0.15) is 55.4 Å². The van der Waals surface area contributed by atoms with Crippen molar-refractivity contribution in [3.63, 3.8) is 0 Å². The van der Waals surface area contributed by atoms with Gasteiger partial charge in [0.15, 0.2) is 5.78 Å². The molecule has 1 aromatic heterocycles. The highest BCUT2D eigenvalue weighted by Crippen LogP contribution is 2.21. The van der Waals surface area contributed by atoms with E-state index in [0.717, 1.165) is 23.5 Å². The first-order valence-corrected chi connectivity index (χ1v) is 7.20. The molecule has 1 heterocycles. The van der Waals surface area contributed by atoms with E-state index in [-0.39, 0.29) is 5.78 Å². The maximum atomic E-state index is 12.0. The number of hydrogen-bond donors (Lipinski definition) is 0. The molecule has 0 spiro atoms. The van der Waals surface area contributed by atoms with E-state index in [1.165, 1.54) is 12.8 Å². The minimum absolute atomic E-state index is 0.0283. The molecule has 18 heavy (non-hydrogen) atoms. The molecule has 0 bridgehead atoms. The number of carbonyl (C=O) groups is 1. The highest BCUT2D eigenvalue weighted by molar-refractivity contribution is 6.33. The molecule has 0 fully saturated rings. The van der Waals surface area contributed by atoms with Crippen molar-refractivity contribution in [2.75, 3.05) is 0 Å². The molecule has 0 aliphatic carbocycles. The summed E-state index contributed by atoms with van der Waals surface area (Å²) in [7, 11) is 0. The second-order valence-corrected chi connectivity index (χ2v) is 5.71. The summed E-state index contributed by atoms with van der Waals surface area (Å²) in [6, 6.07) is 1.97. The Kier molecular flexibility index (Phi) is 5.46. The fraction of sp³-hybridized carbons (Fsp3) is 0.667. The van der Waals surface area contributed by atoms with E-state index in [4.69, 9.17) is 11.6 Å². The minimum Gasteiger partial charge on any atom is -0.348 e. The van der Waals surface area contributed by atoms with Gasteiger partial charge in [-0.05, 0) is 32.8 Å². The van der Waals surface area contributed by atoms with Crippen LogP contribution in [0, 0.1) is 19.8 Å². The van der Waals surface area contributed by atoms with Crippen molar-refractivity contribution in [1.82, 2.24) is 4.57 Å². The van der Waals surface area contributed by atoms with Gasteiger partial charge >= 0.3 is 0 Å². The quantitative estimate of drug-likeness (QED) is 0.556. The summed E-state index contributed by atoms with van der Waals surface area (Å²) in [4.78, 5) is 12.0. The van der Waals surface area contributed by atoms with Gasteiger partial charge in [-0.2, -0.15) is 0 Å². The molecule has 1 atom stereocenters. The van der Waals surface area contributed by atoms with Crippen molar-refractivity contribution in [2.45, 2.75) is 59.4 Å². The summed E-state index contributed by atoms with van der Waals surface area (Å²) in [5.41, 5.74) is 2.98. The number of rotatable bonds is 6. The average Bonchev–Trinajstić information content (AvgIpc) is 2.61. The second-order valence-electron chi connectivity index (χ2n) is 5.06. The molecule has 0 aromatic carbocycles. The van der Waals surface area contributed by atoms with Gasteiger partial charge in [0.05, 0.1) is 5.38 Å². The number of halogens is 1. The summed E-state index contributed by atoms with van der Waals surface area (Å²) >= 11 is 5.90. The van der Waals surface area contributed by atoms with Gasteiger partial charge in [-0.25, -0.2) is 0 Å². The first-order valence-electron chi connectivity index (χ1n) is 6.77. The average molecular weight is 270 g/mol. The van der Waals surface area contributed by atoms with Gasteiger partial charge in [-0.15, -0.1) is 11.6 Å². The summed E-state index contributed by atoms with van der Waals surface area (Å²) in [5.74, 6) is 0.701. The Morgan fingerprint density at radius 3 is 2.33 bits per heavy atom. The molecule has 2 nitrogen and oxygen atoms in total. The molecule has 3 heteroatoms. The van der Waals surface area contributed by atoms with Gasteiger partial charge in [0, 0.05) is 23.5 Å². The molecule has 1 unspecified atom stereocenters. The lowest BCUT2D eigenvalue weighted by atomic mass is 10.0. The van der Waals surface area contributed by atoms with E-state index in [9.17, 15) is 4.79 Å². The van der Waals surface area contributed by atoms with Gasteiger partial charge < -0.3 is 4.57 Å². The normalized spacial score (nSPS) is 13.1. The second kappa shape index (κ2) is 6.42. The molecule has 0 saturated heterocycles. The van der Waals surface area contributed by atoms with Crippen LogP contribution >= 0.6 is 11.6 Å². The van der Waals surface area contributed by atoms with E-state index < -0.39 is 5.38 Å². The van der Waals surface area contributed by atoms with Crippen LogP contribution in [0.2, 0.25) is 0 Å². The lowest BCUT2D eigenvalue weighted by Crippen LogP contribution is -2.14. The molecule has 0 N–H and O–H groups in total. The Bertz CT molecular complexity index is 416. The van der Waals surface area contributed by atoms with Crippen molar-refractivity contribution in [3.05, 3.63) is 23.0 Å². The minimum atomic E-state index is -0.452. The number of aryl methyl sites for hydroxylation is 1. The van der Waals surface area contributed by atoms with Crippen LogP contribution in [0.25, 0.3) is 0 Å². The van der Waals surface area contributed by atoms with Crippen molar-refractivity contribution in [2.24, 2.45) is 5.92 Å². The Morgan fingerprint density at radius 2 is 1.89 bits per heavy atom. The van der Waals surface area contributed by atoms with E-state index >= 15 is 0 Å². The van der Waals surface area contributed by atoms with Crippen LogP contribution in [0.5, 0.6) is 0 Å². The molecule has 0 aliphatic heterocycles. The number of alkyl halides is 1. The smallest absolute Gasteiger partial charge is 0.182 e. The highest BCUT2D eigenvalue weighted by atomic mass is 35.5. The molecule has 0 amide bonds. The van der Waals surface area contributed by atoms with Gasteiger partial charge in [-0.1, -0.05) is 26.7 Å². The van der Waals surface area contributed by atoms with Crippen LogP contribution in [0.15, 0.2) is 6.07 Å². The SMILES string of the molecule is CCC(CC)Cn1c(C)cc(C(=O)C(C)Cl)c1C. The number of ketones is 1. The van der Waals surface area contributed by atoms with Gasteiger partial charge in [0.25, 0.3) is 0 Å². The van der Waals surface area contributed by atoms with Crippen LogP contribution < -0.4 is 0 Å². The largest absolute Gasteiger partial charge is 0.348 e. The zero-order valence-corrected chi connectivity index (χ0v) is 12.8. The maximum Gasteiger partial charge on any atom is 0.182 e. The summed E-state index contributed by atoms with van der Waals surface area (Å²) in [6.07, 6.45) is 2.34. The third kappa shape index (κ3) is 3.17. The van der Waals surface area contributed by atoms with E-state index in [1.54, 1.807) is 6.92 Å². The third-order valence-electron chi connectivity index (χ3n) is 3.80. The fourth-order valence-corrected chi connectivity index (χ4v) is 2.47. The number of nitrogens with zero attached hydrogens (tertiary/aromatic N) is 1. The zero-order chi connectivity index (χ0) is 13.9. The summed E-state index contributed by atoms with van der Waals surface area (Å²) in [6.45, 7) is 11.2. The monoisotopic (exact) mass is 269 g/mol. The number of hydrogen-bond acceptors (Lipinski definition) is 1. The maximum absolute atomic E-state index is 12.0. The fourth-order valence-electron chi connectivity index (χ4n) is 2.35. The summed E-state index contributed by atoms with van der Waals surface area (Å²) < 4.78 is 2.25. The Balaban J connectivity index is 3.04. The topological polar surface area (TPSA) is 22.0 Å². The Morgan fingerprint density at radius 1 is 1.33 bits per heavy atom. The van der Waals surface area contributed by atoms with Gasteiger partial charge in [0.2, 0.25) is 0 Å². The van der Waals surface area contributed by atoms with Crippen molar-refractivity contribution in [1.29, 1.82) is 0 Å². The number of Topliss-reactive ketones (excluding diaryl/α,β-unsaturated/α-hetero) is 1. The Labute approximate surface area is 115 Å². The predicted molar refractivity (Wildman–Crippen MR) is 77.6 cm³/mol. The lowest BCUT2D eigenvalue weighted by molar-refractivity contribution is 0.0991. The molecule has 0 radical (unpaired) electrons. The van der Waals surface area contributed by atoms with E-state index in [1.807, 2.05) is 13.0 Å². The number of aromatic nitrogens is 1. The van der Waals surface area contributed by atoms with Gasteiger partial charge in [0.1, 0.15) is 0 Å². The molecule has 0 saturated carbocycles. The van der Waals surface area contributed by atoms with Crippen molar-refractivity contribution < 1.29 is 4.79 Å². The summed E-state index contributed by atoms with van der Waals surface area (Å²) in [5, 5.41) is -0.452. The van der Waals surface area contributed by atoms with Crippen molar-refractivity contribution >= 4 is 17.4 Å². The van der Waals surface area contributed by atoms with Crippen LogP contribution in [0.4, 0.5) is 0 Å². The highest BCUT2D eigenvalue weighted by Gasteiger charge is 2.20. The van der Waals surface area contributed by atoms with Crippen LogP contribution in [-0.4, -0.2) is 15.7 Å². The Hall–Kier alpha value is -0.760. The standard InChI is InChI=1S/C15H24ClNO/c1-6-13(7-2)9-17-10(3)8-14(12(17)5)15(18)11(4)16/h8,11,13H,6-7,9H2,1-5H3. The van der Waals surface area contributed by atoms with Gasteiger partial charge in [-0.3, -0.25) is 4.79 Å². The molecular formula is C15H24ClNO. The van der Waals surface area contributed by atoms with E-state index in [2.05, 4.69) is 25.3 Å². The lowest BCUT2D eigenvalue weighted by Gasteiger charge is -2.17. The van der Waals surface area contributed by atoms with Crippen molar-refractivity contribution in [3.8, 4) is 0 Å². The van der Waals surface area contributed by atoms with Crippen LogP contribution in [0.3, 0.4) is 0 Å². The first kappa shape index (κ1) is 15.3. The molecular weight excluding hydrogens is 246 g/mol. The zero-order valence-electron chi connectivity index (χ0n) is 12.1. The molecule has 1 aromatic rings. The molecule has 1 rings (SSSR count).